The predicted octanol–water partition coefficient (Wildman–Crippen LogP) is 1.88. The Morgan fingerprint density at radius 2 is 1.88 bits per heavy atom. The van der Waals surface area contributed by atoms with Gasteiger partial charge in [0.15, 0.2) is 6.10 Å². The summed E-state index contributed by atoms with van der Waals surface area (Å²) in [5.41, 5.74) is 1.35. The standard InChI is InChI=1S/C18H24N2O4/c1-12(2)19-17(22)13(3)24-18(23)15-8-6-14(7-9-15)11-20-10-4-5-16(20)21/h6-9,12-13H,4-5,10-11H2,1-3H3,(H,19,22). The molecule has 0 aliphatic carbocycles. The molecular formula is C18H24N2O4. The summed E-state index contributed by atoms with van der Waals surface area (Å²) in [5.74, 6) is -0.684. The fourth-order valence-electron chi connectivity index (χ4n) is 2.52. The zero-order valence-corrected chi connectivity index (χ0v) is 14.4. The Hall–Kier alpha value is -2.37. The molecule has 1 heterocycles. The summed E-state index contributed by atoms with van der Waals surface area (Å²) in [4.78, 5) is 37.3. The van der Waals surface area contributed by atoms with Crippen LogP contribution in [0.1, 0.15) is 49.5 Å². The van der Waals surface area contributed by atoms with Gasteiger partial charge < -0.3 is 15.0 Å². The summed E-state index contributed by atoms with van der Waals surface area (Å²) >= 11 is 0. The molecular weight excluding hydrogens is 308 g/mol. The lowest BCUT2D eigenvalue weighted by molar-refractivity contribution is -0.129. The van der Waals surface area contributed by atoms with E-state index in [-0.39, 0.29) is 17.9 Å². The van der Waals surface area contributed by atoms with E-state index in [0.29, 0.717) is 18.5 Å². The number of hydrogen-bond donors (Lipinski definition) is 1. The van der Waals surface area contributed by atoms with Crippen LogP contribution in [-0.2, 0) is 20.9 Å². The van der Waals surface area contributed by atoms with Gasteiger partial charge in [0.2, 0.25) is 5.91 Å². The first-order valence-electron chi connectivity index (χ1n) is 8.25. The van der Waals surface area contributed by atoms with Crippen LogP contribution in [0.2, 0.25) is 0 Å². The van der Waals surface area contributed by atoms with Crippen molar-refractivity contribution < 1.29 is 19.1 Å². The SMILES string of the molecule is CC(C)NC(=O)C(C)OC(=O)c1ccc(CN2CCCC2=O)cc1. The first-order chi connectivity index (χ1) is 11.4. The molecule has 24 heavy (non-hydrogen) atoms. The van der Waals surface area contributed by atoms with E-state index in [2.05, 4.69) is 5.32 Å². The molecule has 1 N–H and O–H groups in total. The van der Waals surface area contributed by atoms with Gasteiger partial charge in [0, 0.05) is 25.6 Å². The van der Waals surface area contributed by atoms with Crippen molar-refractivity contribution in [2.75, 3.05) is 6.54 Å². The van der Waals surface area contributed by atoms with E-state index in [1.165, 1.54) is 0 Å². The number of likely N-dealkylation sites (tertiary alicyclic amines) is 1. The van der Waals surface area contributed by atoms with Crippen LogP contribution in [-0.4, -0.2) is 41.4 Å². The van der Waals surface area contributed by atoms with E-state index in [9.17, 15) is 14.4 Å². The van der Waals surface area contributed by atoms with Crippen molar-refractivity contribution in [1.29, 1.82) is 0 Å². The number of rotatable bonds is 6. The van der Waals surface area contributed by atoms with Crippen LogP contribution in [0, 0.1) is 0 Å². The molecule has 2 rings (SSSR count). The van der Waals surface area contributed by atoms with Crippen molar-refractivity contribution in [1.82, 2.24) is 10.2 Å². The number of carbonyl (C=O) groups excluding carboxylic acids is 3. The van der Waals surface area contributed by atoms with Crippen molar-refractivity contribution in [3.63, 3.8) is 0 Å². The van der Waals surface area contributed by atoms with Crippen LogP contribution < -0.4 is 5.32 Å². The van der Waals surface area contributed by atoms with Gasteiger partial charge in [-0.3, -0.25) is 9.59 Å². The van der Waals surface area contributed by atoms with E-state index in [1.54, 1.807) is 31.2 Å². The zero-order valence-electron chi connectivity index (χ0n) is 14.4. The summed E-state index contributed by atoms with van der Waals surface area (Å²) in [7, 11) is 0. The van der Waals surface area contributed by atoms with Gasteiger partial charge in [-0.1, -0.05) is 12.1 Å². The lowest BCUT2D eigenvalue weighted by Gasteiger charge is -2.16. The highest BCUT2D eigenvalue weighted by molar-refractivity contribution is 5.92. The highest BCUT2D eigenvalue weighted by Gasteiger charge is 2.21. The second kappa shape index (κ2) is 7.95. The van der Waals surface area contributed by atoms with Crippen molar-refractivity contribution >= 4 is 17.8 Å². The summed E-state index contributed by atoms with van der Waals surface area (Å²) < 4.78 is 5.17. The molecule has 2 amide bonds. The maximum Gasteiger partial charge on any atom is 0.338 e. The molecule has 6 nitrogen and oxygen atoms in total. The summed E-state index contributed by atoms with van der Waals surface area (Å²) in [5, 5.41) is 2.70. The number of ether oxygens (including phenoxy) is 1. The molecule has 1 fully saturated rings. The van der Waals surface area contributed by atoms with Gasteiger partial charge in [0.05, 0.1) is 5.56 Å². The van der Waals surface area contributed by atoms with Crippen LogP contribution in [0.15, 0.2) is 24.3 Å². The largest absolute Gasteiger partial charge is 0.449 e. The van der Waals surface area contributed by atoms with Crippen molar-refractivity contribution in [2.45, 2.75) is 52.3 Å². The minimum atomic E-state index is -0.846. The van der Waals surface area contributed by atoms with E-state index >= 15 is 0 Å². The number of nitrogens with one attached hydrogen (secondary N) is 1. The first kappa shape index (κ1) is 18.0. The molecule has 1 atom stereocenters. The van der Waals surface area contributed by atoms with Gasteiger partial charge in [0.25, 0.3) is 5.91 Å². The minimum Gasteiger partial charge on any atom is -0.449 e. The zero-order chi connectivity index (χ0) is 17.7. The van der Waals surface area contributed by atoms with Crippen LogP contribution in [0.4, 0.5) is 0 Å². The number of nitrogens with zero attached hydrogens (tertiary/aromatic N) is 1. The average molecular weight is 332 g/mol. The summed E-state index contributed by atoms with van der Waals surface area (Å²) in [6.45, 7) is 6.57. The van der Waals surface area contributed by atoms with Gasteiger partial charge in [-0.05, 0) is 44.9 Å². The highest BCUT2D eigenvalue weighted by Crippen LogP contribution is 2.15. The maximum absolute atomic E-state index is 12.1. The fourth-order valence-corrected chi connectivity index (χ4v) is 2.52. The Bertz CT molecular complexity index is 610. The van der Waals surface area contributed by atoms with Gasteiger partial charge in [-0.15, -0.1) is 0 Å². The van der Waals surface area contributed by atoms with Crippen molar-refractivity contribution in [2.24, 2.45) is 0 Å². The second-order valence-corrected chi connectivity index (χ2v) is 6.33. The molecule has 1 aromatic rings. The molecule has 1 saturated heterocycles. The smallest absolute Gasteiger partial charge is 0.338 e. The Morgan fingerprint density at radius 3 is 2.42 bits per heavy atom. The van der Waals surface area contributed by atoms with E-state index < -0.39 is 12.1 Å². The number of benzene rings is 1. The molecule has 1 aromatic carbocycles. The van der Waals surface area contributed by atoms with Crippen LogP contribution in [0.5, 0.6) is 0 Å². The molecule has 130 valence electrons. The molecule has 1 aliphatic rings. The molecule has 6 heteroatoms. The maximum atomic E-state index is 12.1. The van der Waals surface area contributed by atoms with Gasteiger partial charge >= 0.3 is 5.97 Å². The highest BCUT2D eigenvalue weighted by atomic mass is 16.5. The van der Waals surface area contributed by atoms with E-state index in [1.807, 2.05) is 18.7 Å². The summed E-state index contributed by atoms with van der Waals surface area (Å²) in [6, 6.07) is 6.92. The Balaban J connectivity index is 1.91. The van der Waals surface area contributed by atoms with Gasteiger partial charge in [-0.25, -0.2) is 4.79 Å². The van der Waals surface area contributed by atoms with Gasteiger partial charge in [-0.2, -0.15) is 0 Å². The lowest BCUT2D eigenvalue weighted by atomic mass is 10.1. The second-order valence-electron chi connectivity index (χ2n) is 6.33. The van der Waals surface area contributed by atoms with Crippen LogP contribution >= 0.6 is 0 Å². The van der Waals surface area contributed by atoms with E-state index in [0.717, 1.165) is 18.5 Å². The van der Waals surface area contributed by atoms with Crippen LogP contribution in [0.25, 0.3) is 0 Å². The number of carbonyl (C=O) groups is 3. The Kier molecular flexibility index (Phi) is 5.95. The quantitative estimate of drug-likeness (QED) is 0.807. The Morgan fingerprint density at radius 1 is 1.21 bits per heavy atom. The first-order valence-corrected chi connectivity index (χ1v) is 8.25. The third-order valence-corrected chi connectivity index (χ3v) is 3.82. The number of amides is 2. The monoisotopic (exact) mass is 332 g/mol. The van der Waals surface area contributed by atoms with E-state index in [4.69, 9.17) is 4.74 Å². The lowest BCUT2D eigenvalue weighted by Crippen LogP contribution is -2.39. The normalized spacial score (nSPS) is 15.5. The number of hydrogen-bond acceptors (Lipinski definition) is 4. The molecule has 1 aliphatic heterocycles. The molecule has 0 saturated carbocycles. The molecule has 0 aromatic heterocycles. The molecule has 0 bridgehead atoms. The third-order valence-electron chi connectivity index (χ3n) is 3.82. The fraction of sp³-hybridized carbons (Fsp3) is 0.500. The summed E-state index contributed by atoms with van der Waals surface area (Å²) in [6.07, 6.45) is 0.669. The Labute approximate surface area is 142 Å². The van der Waals surface area contributed by atoms with Crippen molar-refractivity contribution in [3.8, 4) is 0 Å². The number of esters is 1. The minimum absolute atomic E-state index is 0.00812. The van der Waals surface area contributed by atoms with Crippen molar-refractivity contribution in [3.05, 3.63) is 35.4 Å². The molecule has 0 spiro atoms. The third kappa shape index (κ3) is 4.81. The average Bonchev–Trinajstić information content (AvgIpc) is 2.92. The van der Waals surface area contributed by atoms with Crippen LogP contribution in [0.3, 0.4) is 0 Å². The van der Waals surface area contributed by atoms with Gasteiger partial charge in [0.1, 0.15) is 0 Å². The topological polar surface area (TPSA) is 75.7 Å². The molecule has 1 unspecified atom stereocenters. The predicted molar refractivity (Wildman–Crippen MR) is 89.2 cm³/mol. The molecule has 0 radical (unpaired) electrons.